The predicted octanol–water partition coefficient (Wildman–Crippen LogP) is 4.40. The number of aromatic nitrogens is 3. The van der Waals surface area contributed by atoms with Crippen molar-refractivity contribution in [1.82, 2.24) is 14.6 Å². The molecule has 0 fully saturated rings. The van der Waals surface area contributed by atoms with Crippen LogP contribution in [0.1, 0.15) is 22.8 Å². The molecule has 0 spiro atoms. The first-order valence-corrected chi connectivity index (χ1v) is 8.69. The van der Waals surface area contributed by atoms with E-state index in [0.29, 0.717) is 11.6 Å². The Morgan fingerprint density at radius 2 is 1.93 bits per heavy atom. The SMILES string of the molecule is CCc1ccc(-c2cccn3nc(Nc4cccc(C(=O)O)c4)nc23)cc1. The highest BCUT2D eigenvalue weighted by Crippen LogP contribution is 2.25. The molecule has 27 heavy (non-hydrogen) atoms. The molecule has 0 aliphatic rings. The van der Waals surface area contributed by atoms with Gasteiger partial charge in [-0.3, -0.25) is 0 Å². The summed E-state index contributed by atoms with van der Waals surface area (Å²) in [6, 6.07) is 18.9. The Bertz CT molecular complexity index is 1120. The summed E-state index contributed by atoms with van der Waals surface area (Å²) < 4.78 is 1.71. The molecule has 134 valence electrons. The quantitative estimate of drug-likeness (QED) is 0.553. The van der Waals surface area contributed by atoms with Gasteiger partial charge in [0.1, 0.15) is 0 Å². The number of nitrogens with one attached hydrogen (secondary N) is 1. The number of nitrogens with zero attached hydrogens (tertiary/aromatic N) is 3. The first-order valence-electron chi connectivity index (χ1n) is 8.69. The van der Waals surface area contributed by atoms with Crippen LogP contribution in [0, 0.1) is 0 Å². The number of hydrogen-bond donors (Lipinski definition) is 2. The molecule has 4 aromatic rings. The topological polar surface area (TPSA) is 79.5 Å². The van der Waals surface area contributed by atoms with Gasteiger partial charge in [-0.15, -0.1) is 5.10 Å². The molecule has 0 amide bonds. The maximum Gasteiger partial charge on any atom is 0.335 e. The molecule has 4 rings (SSSR count). The molecule has 0 unspecified atom stereocenters. The van der Waals surface area contributed by atoms with E-state index < -0.39 is 5.97 Å². The normalized spacial score (nSPS) is 10.9. The van der Waals surface area contributed by atoms with Gasteiger partial charge in [-0.05, 0) is 47.9 Å². The average molecular weight is 358 g/mol. The third kappa shape index (κ3) is 3.37. The minimum Gasteiger partial charge on any atom is -0.478 e. The lowest BCUT2D eigenvalue weighted by molar-refractivity contribution is 0.0697. The lowest BCUT2D eigenvalue weighted by Gasteiger charge is -2.04. The lowest BCUT2D eigenvalue weighted by atomic mass is 10.0. The van der Waals surface area contributed by atoms with Crippen LogP contribution < -0.4 is 5.32 Å². The number of benzene rings is 2. The zero-order valence-corrected chi connectivity index (χ0v) is 14.8. The van der Waals surface area contributed by atoms with E-state index in [0.717, 1.165) is 23.2 Å². The van der Waals surface area contributed by atoms with Gasteiger partial charge in [-0.2, -0.15) is 4.98 Å². The van der Waals surface area contributed by atoms with Crippen LogP contribution >= 0.6 is 0 Å². The Morgan fingerprint density at radius 1 is 1.11 bits per heavy atom. The highest BCUT2D eigenvalue weighted by molar-refractivity contribution is 5.89. The highest BCUT2D eigenvalue weighted by Gasteiger charge is 2.11. The summed E-state index contributed by atoms with van der Waals surface area (Å²) in [4.78, 5) is 15.7. The molecule has 0 aliphatic carbocycles. The number of rotatable bonds is 5. The third-order valence-corrected chi connectivity index (χ3v) is 4.40. The van der Waals surface area contributed by atoms with Crippen LogP contribution in [0.4, 0.5) is 11.6 Å². The Labute approximate surface area is 156 Å². The zero-order chi connectivity index (χ0) is 18.8. The number of carboxylic acid groups (broad SMARTS) is 1. The largest absolute Gasteiger partial charge is 0.478 e. The van der Waals surface area contributed by atoms with Crippen molar-refractivity contribution in [3.8, 4) is 11.1 Å². The van der Waals surface area contributed by atoms with Gasteiger partial charge in [0, 0.05) is 17.4 Å². The number of aryl methyl sites for hydroxylation is 1. The predicted molar refractivity (Wildman–Crippen MR) is 104 cm³/mol. The maximum absolute atomic E-state index is 11.1. The van der Waals surface area contributed by atoms with Crippen LogP contribution in [0.25, 0.3) is 16.8 Å². The van der Waals surface area contributed by atoms with Crippen LogP contribution in [-0.2, 0) is 6.42 Å². The monoisotopic (exact) mass is 358 g/mol. The van der Waals surface area contributed by atoms with Crippen molar-refractivity contribution in [2.24, 2.45) is 0 Å². The molecule has 0 radical (unpaired) electrons. The van der Waals surface area contributed by atoms with Gasteiger partial charge in [0.15, 0.2) is 5.65 Å². The van der Waals surface area contributed by atoms with Crippen molar-refractivity contribution in [2.75, 3.05) is 5.32 Å². The number of hydrogen-bond acceptors (Lipinski definition) is 4. The van der Waals surface area contributed by atoms with Crippen molar-refractivity contribution in [3.05, 3.63) is 78.0 Å². The van der Waals surface area contributed by atoms with Gasteiger partial charge < -0.3 is 10.4 Å². The minimum absolute atomic E-state index is 0.209. The fourth-order valence-electron chi connectivity index (χ4n) is 2.96. The highest BCUT2D eigenvalue weighted by atomic mass is 16.4. The number of aromatic carboxylic acids is 1. The summed E-state index contributed by atoms with van der Waals surface area (Å²) in [6.45, 7) is 2.13. The molecule has 2 heterocycles. The molecule has 2 aromatic carbocycles. The van der Waals surface area contributed by atoms with Gasteiger partial charge >= 0.3 is 5.97 Å². The molecule has 6 heteroatoms. The third-order valence-electron chi connectivity index (χ3n) is 4.40. The van der Waals surface area contributed by atoms with Gasteiger partial charge in [0.2, 0.25) is 5.95 Å². The summed E-state index contributed by atoms with van der Waals surface area (Å²) >= 11 is 0. The van der Waals surface area contributed by atoms with Crippen molar-refractivity contribution in [1.29, 1.82) is 0 Å². The second kappa shape index (κ2) is 6.92. The van der Waals surface area contributed by atoms with E-state index in [1.807, 2.05) is 18.3 Å². The van der Waals surface area contributed by atoms with Crippen LogP contribution in [0.5, 0.6) is 0 Å². The van der Waals surface area contributed by atoms with Gasteiger partial charge in [0.25, 0.3) is 0 Å². The second-order valence-electron chi connectivity index (χ2n) is 6.19. The minimum atomic E-state index is -0.973. The van der Waals surface area contributed by atoms with Gasteiger partial charge in [0.05, 0.1) is 5.56 Å². The Hall–Kier alpha value is -3.67. The lowest BCUT2D eigenvalue weighted by Crippen LogP contribution is -1.98. The summed E-state index contributed by atoms with van der Waals surface area (Å²) in [6.07, 6.45) is 2.84. The van der Waals surface area contributed by atoms with E-state index in [2.05, 4.69) is 46.6 Å². The van der Waals surface area contributed by atoms with Gasteiger partial charge in [-0.1, -0.05) is 37.3 Å². The number of pyridine rings is 1. The molecule has 6 nitrogen and oxygen atoms in total. The Morgan fingerprint density at radius 3 is 2.67 bits per heavy atom. The van der Waals surface area contributed by atoms with Crippen LogP contribution in [-0.4, -0.2) is 25.7 Å². The molecule has 2 N–H and O–H groups in total. The van der Waals surface area contributed by atoms with Crippen molar-refractivity contribution >= 4 is 23.3 Å². The van der Waals surface area contributed by atoms with E-state index in [9.17, 15) is 4.79 Å². The first kappa shape index (κ1) is 16.8. The number of carbonyl (C=O) groups is 1. The number of carboxylic acids is 1. The van der Waals surface area contributed by atoms with Crippen molar-refractivity contribution in [3.63, 3.8) is 0 Å². The van der Waals surface area contributed by atoms with Crippen molar-refractivity contribution in [2.45, 2.75) is 13.3 Å². The first-order chi connectivity index (χ1) is 13.1. The Balaban J connectivity index is 1.70. The number of anilines is 2. The van der Waals surface area contributed by atoms with E-state index in [-0.39, 0.29) is 5.56 Å². The van der Waals surface area contributed by atoms with E-state index in [1.54, 1.807) is 28.8 Å². The molecule has 0 saturated carbocycles. The molecule has 0 bridgehead atoms. The standard InChI is InChI=1S/C21H18N4O2/c1-2-14-8-10-15(11-9-14)18-7-4-12-25-19(18)23-21(24-25)22-17-6-3-5-16(13-17)20(26)27/h3-13H,2H2,1H3,(H,22,24)(H,26,27). The molecular weight excluding hydrogens is 340 g/mol. The molecular formula is C21H18N4O2. The Kier molecular flexibility index (Phi) is 4.30. The summed E-state index contributed by atoms with van der Waals surface area (Å²) in [5.74, 6) is -0.561. The fourth-order valence-corrected chi connectivity index (χ4v) is 2.96. The maximum atomic E-state index is 11.1. The van der Waals surface area contributed by atoms with Crippen LogP contribution in [0.15, 0.2) is 66.9 Å². The zero-order valence-electron chi connectivity index (χ0n) is 14.8. The summed E-state index contributed by atoms with van der Waals surface area (Å²) in [7, 11) is 0. The molecule has 0 aliphatic heterocycles. The van der Waals surface area contributed by atoms with Crippen molar-refractivity contribution < 1.29 is 9.90 Å². The fraction of sp³-hybridized carbons (Fsp3) is 0.0952. The number of fused-ring (bicyclic) bond motifs is 1. The molecule has 2 aromatic heterocycles. The van der Waals surface area contributed by atoms with Crippen LogP contribution in [0.3, 0.4) is 0 Å². The second-order valence-corrected chi connectivity index (χ2v) is 6.19. The average Bonchev–Trinajstić information content (AvgIpc) is 3.10. The molecule has 0 atom stereocenters. The summed E-state index contributed by atoms with van der Waals surface area (Å²) in [5.41, 5.74) is 4.91. The van der Waals surface area contributed by atoms with E-state index >= 15 is 0 Å². The smallest absolute Gasteiger partial charge is 0.335 e. The molecule has 0 saturated heterocycles. The van der Waals surface area contributed by atoms with Gasteiger partial charge in [-0.25, -0.2) is 9.31 Å². The van der Waals surface area contributed by atoms with E-state index in [4.69, 9.17) is 5.11 Å². The van der Waals surface area contributed by atoms with Crippen LogP contribution in [0.2, 0.25) is 0 Å². The van der Waals surface area contributed by atoms with E-state index in [1.165, 1.54) is 5.56 Å². The summed E-state index contributed by atoms with van der Waals surface area (Å²) in [5, 5.41) is 16.7.